The summed E-state index contributed by atoms with van der Waals surface area (Å²) >= 11 is 1.82. The molecule has 2 aliphatic carbocycles. The lowest BCUT2D eigenvalue weighted by atomic mass is 9.79. The number of carboxylic acid groups (broad SMARTS) is 1. The van der Waals surface area contributed by atoms with Crippen molar-refractivity contribution in [2.24, 2.45) is 0 Å². The van der Waals surface area contributed by atoms with Crippen molar-refractivity contribution in [3.8, 4) is 0 Å². The van der Waals surface area contributed by atoms with E-state index in [0.717, 1.165) is 44.9 Å². The van der Waals surface area contributed by atoms with Gasteiger partial charge in [0, 0.05) is 11.3 Å². The summed E-state index contributed by atoms with van der Waals surface area (Å²) in [5.74, 6) is -0.836. The van der Waals surface area contributed by atoms with Crippen LogP contribution in [0.2, 0.25) is 0 Å². The SMILES string of the molecule is CSC1(CNC(=O)NC2(CC(=O)O)CCCCC2)CCC1. The topological polar surface area (TPSA) is 78.4 Å². The van der Waals surface area contributed by atoms with Gasteiger partial charge in [-0.1, -0.05) is 25.7 Å². The number of rotatable bonds is 6. The Labute approximate surface area is 130 Å². The van der Waals surface area contributed by atoms with Crippen molar-refractivity contribution >= 4 is 23.8 Å². The van der Waals surface area contributed by atoms with Crippen LogP contribution in [0.25, 0.3) is 0 Å². The van der Waals surface area contributed by atoms with Crippen LogP contribution in [0, 0.1) is 0 Å². The Morgan fingerprint density at radius 2 is 1.76 bits per heavy atom. The number of aliphatic carboxylic acids is 1. The van der Waals surface area contributed by atoms with Gasteiger partial charge in [0.1, 0.15) is 0 Å². The molecule has 0 bridgehead atoms. The number of carboxylic acids is 1. The summed E-state index contributed by atoms with van der Waals surface area (Å²) in [6, 6.07) is -0.210. The summed E-state index contributed by atoms with van der Waals surface area (Å²) in [5.41, 5.74) is -0.555. The van der Waals surface area contributed by atoms with Gasteiger partial charge in [0.15, 0.2) is 0 Å². The van der Waals surface area contributed by atoms with E-state index in [4.69, 9.17) is 5.11 Å². The van der Waals surface area contributed by atoms with Crippen LogP contribution in [-0.2, 0) is 4.79 Å². The standard InChI is InChI=1S/C15H26N2O3S/c1-21-15(8-5-9-15)11-16-13(20)17-14(10-12(18)19)6-3-2-4-7-14/h2-11H2,1H3,(H,18,19)(H2,16,17,20). The Balaban J connectivity index is 1.87. The zero-order valence-corrected chi connectivity index (χ0v) is 13.6. The van der Waals surface area contributed by atoms with E-state index in [1.807, 2.05) is 11.8 Å². The summed E-state index contributed by atoms with van der Waals surface area (Å²) in [6.45, 7) is 0.670. The van der Waals surface area contributed by atoms with Crippen molar-refractivity contribution in [3.05, 3.63) is 0 Å². The molecule has 2 aliphatic rings. The molecule has 2 fully saturated rings. The molecule has 2 amide bonds. The van der Waals surface area contributed by atoms with E-state index in [2.05, 4.69) is 16.9 Å². The van der Waals surface area contributed by atoms with E-state index < -0.39 is 11.5 Å². The van der Waals surface area contributed by atoms with E-state index in [9.17, 15) is 9.59 Å². The van der Waals surface area contributed by atoms with E-state index in [-0.39, 0.29) is 17.2 Å². The molecule has 0 unspecified atom stereocenters. The van der Waals surface area contributed by atoms with E-state index in [1.54, 1.807) is 0 Å². The van der Waals surface area contributed by atoms with Crippen molar-refractivity contribution in [2.45, 2.75) is 68.1 Å². The number of thioether (sulfide) groups is 1. The third-order valence-corrected chi connectivity index (χ3v) is 6.37. The minimum absolute atomic E-state index is 0.0219. The second-order valence-corrected chi connectivity index (χ2v) is 7.73. The Hall–Kier alpha value is -0.910. The number of carbonyl (C=O) groups is 2. The highest BCUT2D eigenvalue weighted by Crippen LogP contribution is 2.42. The maximum Gasteiger partial charge on any atom is 0.315 e. The van der Waals surface area contributed by atoms with E-state index in [0.29, 0.717) is 6.54 Å². The van der Waals surface area contributed by atoms with Crippen molar-refractivity contribution in [3.63, 3.8) is 0 Å². The number of hydrogen-bond donors (Lipinski definition) is 3. The summed E-state index contributed by atoms with van der Waals surface area (Å²) in [4.78, 5) is 23.3. The fourth-order valence-electron chi connectivity index (χ4n) is 3.41. The summed E-state index contributed by atoms with van der Waals surface area (Å²) in [6.07, 6.45) is 10.3. The number of amides is 2. The Morgan fingerprint density at radius 1 is 1.10 bits per heavy atom. The maximum atomic E-state index is 12.2. The van der Waals surface area contributed by atoms with Gasteiger partial charge in [0.2, 0.25) is 0 Å². The summed E-state index contributed by atoms with van der Waals surface area (Å²) in [7, 11) is 0. The molecule has 0 aromatic carbocycles. The quantitative estimate of drug-likeness (QED) is 0.704. The van der Waals surface area contributed by atoms with E-state index in [1.165, 1.54) is 6.42 Å². The average Bonchev–Trinajstić information content (AvgIpc) is 2.37. The van der Waals surface area contributed by atoms with Crippen molar-refractivity contribution in [1.29, 1.82) is 0 Å². The van der Waals surface area contributed by atoms with Gasteiger partial charge in [-0.3, -0.25) is 4.79 Å². The molecule has 0 radical (unpaired) electrons. The minimum Gasteiger partial charge on any atom is -0.481 e. The number of hydrogen-bond acceptors (Lipinski definition) is 3. The lowest BCUT2D eigenvalue weighted by Crippen LogP contribution is -2.56. The van der Waals surface area contributed by atoms with Gasteiger partial charge in [-0.05, 0) is 31.9 Å². The Morgan fingerprint density at radius 3 is 2.24 bits per heavy atom. The highest BCUT2D eigenvalue weighted by Gasteiger charge is 2.38. The molecule has 0 heterocycles. The monoisotopic (exact) mass is 314 g/mol. The molecule has 0 aliphatic heterocycles. The number of urea groups is 1. The van der Waals surface area contributed by atoms with Crippen LogP contribution >= 0.6 is 11.8 Å². The molecule has 0 saturated heterocycles. The highest BCUT2D eigenvalue weighted by molar-refractivity contribution is 8.00. The predicted molar refractivity (Wildman–Crippen MR) is 84.7 cm³/mol. The zero-order valence-electron chi connectivity index (χ0n) is 12.7. The first-order valence-electron chi connectivity index (χ1n) is 7.82. The first-order valence-corrected chi connectivity index (χ1v) is 9.05. The zero-order chi connectivity index (χ0) is 15.3. The minimum atomic E-state index is -0.836. The fraction of sp³-hybridized carbons (Fsp3) is 0.867. The second kappa shape index (κ2) is 6.90. The molecule has 2 rings (SSSR count). The van der Waals surface area contributed by atoms with Crippen LogP contribution in [0.4, 0.5) is 4.79 Å². The molecule has 21 heavy (non-hydrogen) atoms. The van der Waals surface area contributed by atoms with Crippen molar-refractivity contribution in [2.75, 3.05) is 12.8 Å². The van der Waals surface area contributed by atoms with Crippen LogP contribution in [0.15, 0.2) is 0 Å². The fourth-order valence-corrected chi connectivity index (χ4v) is 4.33. The molecule has 3 N–H and O–H groups in total. The maximum absolute atomic E-state index is 12.2. The highest BCUT2D eigenvalue weighted by atomic mass is 32.2. The largest absolute Gasteiger partial charge is 0.481 e. The number of nitrogens with one attached hydrogen (secondary N) is 2. The molecule has 0 aromatic rings. The Kier molecular flexibility index (Phi) is 5.41. The normalized spacial score (nSPS) is 22.9. The molecule has 0 aromatic heterocycles. The van der Waals surface area contributed by atoms with Crippen LogP contribution < -0.4 is 10.6 Å². The Bertz CT molecular complexity index is 385. The molecular weight excluding hydrogens is 288 g/mol. The third-order valence-electron chi connectivity index (χ3n) is 4.95. The molecule has 120 valence electrons. The summed E-state index contributed by atoms with van der Waals surface area (Å²) < 4.78 is 0.198. The average molecular weight is 314 g/mol. The van der Waals surface area contributed by atoms with Gasteiger partial charge in [0.05, 0.1) is 12.0 Å². The van der Waals surface area contributed by atoms with Gasteiger partial charge < -0.3 is 15.7 Å². The van der Waals surface area contributed by atoms with Gasteiger partial charge in [0.25, 0.3) is 0 Å². The smallest absolute Gasteiger partial charge is 0.315 e. The van der Waals surface area contributed by atoms with Crippen LogP contribution in [0.5, 0.6) is 0 Å². The first kappa shape index (κ1) is 16.5. The van der Waals surface area contributed by atoms with E-state index >= 15 is 0 Å². The molecule has 0 spiro atoms. The molecule has 2 saturated carbocycles. The van der Waals surface area contributed by atoms with Gasteiger partial charge in [-0.2, -0.15) is 11.8 Å². The number of carbonyl (C=O) groups excluding carboxylic acids is 1. The van der Waals surface area contributed by atoms with Crippen molar-refractivity contribution in [1.82, 2.24) is 10.6 Å². The van der Waals surface area contributed by atoms with Crippen LogP contribution in [0.1, 0.15) is 57.8 Å². The molecular formula is C15H26N2O3S. The molecule has 0 atom stereocenters. The van der Waals surface area contributed by atoms with Crippen molar-refractivity contribution < 1.29 is 14.7 Å². The lowest BCUT2D eigenvalue weighted by Gasteiger charge is -2.41. The van der Waals surface area contributed by atoms with Crippen LogP contribution in [-0.4, -0.2) is 40.2 Å². The molecule has 5 nitrogen and oxygen atoms in total. The summed E-state index contributed by atoms with van der Waals surface area (Å²) in [5, 5.41) is 15.0. The first-order chi connectivity index (χ1) is 9.99. The second-order valence-electron chi connectivity index (χ2n) is 6.46. The van der Waals surface area contributed by atoms with Gasteiger partial charge in [-0.15, -0.1) is 0 Å². The van der Waals surface area contributed by atoms with Gasteiger partial charge in [-0.25, -0.2) is 4.79 Å². The predicted octanol–water partition coefficient (Wildman–Crippen LogP) is 2.75. The molecule has 6 heteroatoms. The van der Waals surface area contributed by atoms with Gasteiger partial charge >= 0.3 is 12.0 Å². The third kappa shape index (κ3) is 4.28. The van der Waals surface area contributed by atoms with Crippen LogP contribution in [0.3, 0.4) is 0 Å². The lowest BCUT2D eigenvalue weighted by molar-refractivity contribution is -0.139.